The molecule has 0 bridgehead atoms. The number of carbonyl (C=O) groups excluding carboxylic acids is 2. The Morgan fingerprint density at radius 1 is 1.38 bits per heavy atom. The summed E-state index contributed by atoms with van der Waals surface area (Å²) in [4.78, 5) is 24.6. The van der Waals surface area contributed by atoms with Crippen LogP contribution < -0.4 is 5.32 Å². The molecule has 0 unspecified atom stereocenters. The van der Waals surface area contributed by atoms with Crippen molar-refractivity contribution in [2.45, 2.75) is 45.3 Å². The van der Waals surface area contributed by atoms with Gasteiger partial charge < -0.3 is 9.64 Å². The zero-order valence-electron chi connectivity index (χ0n) is 10.6. The first kappa shape index (κ1) is 13.0. The van der Waals surface area contributed by atoms with Crippen molar-refractivity contribution in [1.29, 1.82) is 0 Å². The number of amides is 3. The Kier molecular flexibility index (Phi) is 3.28. The Morgan fingerprint density at radius 3 is 2.31 bits per heavy atom. The standard InChI is InChI=1S/C11H20N2O3/c1-10(2,16-5)6-7-13-9(15)12-8(14)11(13,3)4/h6-7H2,1-5H3,(H,12,14,15). The maximum atomic E-state index is 11.6. The van der Waals surface area contributed by atoms with Crippen LogP contribution in [0.2, 0.25) is 0 Å². The lowest BCUT2D eigenvalue weighted by Crippen LogP contribution is -2.46. The molecule has 0 aromatic rings. The van der Waals surface area contributed by atoms with Crippen molar-refractivity contribution in [3.05, 3.63) is 0 Å². The van der Waals surface area contributed by atoms with E-state index in [4.69, 9.17) is 4.74 Å². The fraction of sp³-hybridized carbons (Fsp3) is 0.818. The van der Waals surface area contributed by atoms with Crippen molar-refractivity contribution in [2.75, 3.05) is 13.7 Å². The monoisotopic (exact) mass is 228 g/mol. The number of urea groups is 1. The predicted molar refractivity (Wildman–Crippen MR) is 60.0 cm³/mol. The van der Waals surface area contributed by atoms with E-state index in [1.807, 2.05) is 13.8 Å². The first-order valence-corrected chi connectivity index (χ1v) is 5.39. The van der Waals surface area contributed by atoms with Crippen LogP contribution in [0, 0.1) is 0 Å². The van der Waals surface area contributed by atoms with E-state index in [0.717, 1.165) is 0 Å². The number of rotatable bonds is 4. The molecule has 1 N–H and O–H groups in total. The summed E-state index contributed by atoms with van der Waals surface area (Å²) in [5.41, 5.74) is -1.05. The van der Waals surface area contributed by atoms with Gasteiger partial charge in [0.2, 0.25) is 0 Å². The van der Waals surface area contributed by atoms with E-state index in [1.165, 1.54) is 0 Å². The molecule has 0 aromatic carbocycles. The van der Waals surface area contributed by atoms with Crippen molar-refractivity contribution < 1.29 is 14.3 Å². The third kappa shape index (κ3) is 2.35. The summed E-state index contributed by atoms with van der Waals surface area (Å²) in [5, 5.41) is 2.32. The molecule has 5 heteroatoms. The topological polar surface area (TPSA) is 58.6 Å². The molecule has 0 radical (unpaired) electrons. The van der Waals surface area contributed by atoms with E-state index in [9.17, 15) is 9.59 Å². The molecule has 0 spiro atoms. The number of methoxy groups -OCH3 is 1. The van der Waals surface area contributed by atoms with Crippen LogP contribution in [0.1, 0.15) is 34.1 Å². The van der Waals surface area contributed by atoms with Crippen LogP contribution in [0.3, 0.4) is 0 Å². The Balaban J connectivity index is 2.67. The highest BCUT2D eigenvalue weighted by Crippen LogP contribution is 2.23. The minimum Gasteiger partial charge on any atom is -0.379 e. The van der Waals surface area contributed by atoms with E-state index in [-0.39, 0.29) is 17.5 Å². The zero-order valence-corrected chi connectivity index (χ0v) is 10.6. The third-order valence-corrected chi connectivity index (χ3v) is 3.19. The van der Waals surface area contributed by atoms with Crippen LogP contribution in [-0.4, -0.2) is 41.6 Å². The summed E-state index contributed by atoms with van der Waals surface area (Å²) in [6, 6.07) is -0.318. The Bertz CT molecular complexity index is 310. The number of nitrogens with zero attached hydrogens (tertiary/aromatic N) is 1. The van der Waals surface area contributed by atoms with Crippen molar-refractivity contribution in [2.24, 2.45) is 0 Å². The number of nitrogens with one attached hydrogen (secondary N) is 1. The molecule has 1 rings (SSSR count). The molecule has 92 valence electrons. The minimum absolute atomic E-state index is 0.243. The Hall–Kier alpha value is -1.10. The van der Waals surface area contributed by atoms with Gasteiger partial charge in [-0.05, 0) is 34.1 Å². The summed E-state index contributed by atoms with van der Waals surface area (Å²) in [6.07, 6.45) is 0.688. The summed E-state index contributed by atoms with van der Waals surface area (Å²) in [5.74, 6) is -0.243. The van der Waals surface area contributed by atoms with E-state index in [2.05, 4.69) is 5.32 Å². The van der Waals surface area contributed by atoms with Crippen LogP contribution >= 0.6 is 0 Å². The molecule has 0 aromatic heterocycles. The molecule has 0 aliphatic carbocycles. The lowest BCUT2D eigenvalue weighted by atomic mass is 10.0. The van der Waals surface area contributed by atoms with Crippen LogP contribution in [0.4, 0.5) is 4.79 Å². The molecule has 1 heterocycles. The largest absolute Gasteiger partial charge is 0.379 e. The molecule has 16 heavy (non-hydrogen) atoms. The van der Waals surface area contributed by atoms with Gasteiger partial charge in [0.1, 0.15) is 5.54 Å². The van der Waals surface area contributed by atoms with E-state index >= 15 is 0 Å². The second kappa shape index (κ2) is 4.05. The maximum absolute atomic E-state index is 11.6. The molecule has 3 amide bonds. The quantitative estimate of drug-likeness (QED) is 0.734. The van der Waals surface area contributed by atoms with E-state index in [1.54, 1.807) is 25.9 Å². The lowest BCUT2D eigenvalue weighted by Gasteiger charge is -2.31. The number of hydrogen-bond acceptors (Lipinski definition) is 3. The second-order valence-corrected chi connectivity index (χ2v) is 5.18. The molecule has 1 saturated heterocycles. The molecule has 0 atom stereocenters. The van der Waals surface area contributed by atoms with Gasteiger partial charge in [-0.25, -0.2) is 4.79 Å². The van der Waals surface area contributed by atoms with Gasteiger partial charge >= 0.3 is 6.03 Å². The maximum Gasteiger partial charge on any atom is 0.324 e. The average Bonchev–Trinajstić information content (AvgIpc) is 2.35. The Morgan fingerprint density at radius 2 is 1.94 bits per heavy atom. The van der Waals surface area contributed by atoms with Gasteiger partial charge in [-0.1, -0.05) is 0 Å². The first-order chi connectivity index (χ1) is 7.20. The van der Waals surface area contributed by atoms with Gasteiger partial charge in [-0.15, -0.1) is 0 Å². The number of ether oxygens (including phenoxy) is 1. The van der Waals surface area contributed by atoms with Gasteiger partial charge in [-0.3, -0.25) is 10.1 Å². The lowest BCUT2D eigenvalue weighted by molar-refractivity contribution is -0.125. The van der Waals surface area contributed by atoms with Gasteiger partial charge in [0.25, 0.3) is 5.91 Å². The Labute approximate surface area is 96.1 Å². The van der Waals surface area contributed by atoms with Crippen LogP contribution in [-0.2, 0) is 9.53 Å². The van der Waals surface area contributed by atoms with Crippen LogP contribution in [0.5, 0.6) is 0 Å². The van der Waals surface area contributed by atoms with Crippen molar-refractivity contribution >= 4 is 11.9 Å². The first-order valence-electron chi connectivity index (χ1n) is 5.39. The molecule has 1 aliphatic rings. The van der Waals surface area contributed by atoms with Gasteiger partial charge in [0, 0.05) is 13.7 Å². The molecular weight excluding hydrogens is 208 g/mol. The average molecular weight is 228 g/mol. The summed E-state index contributed by atoms with van der Waals surface area (Å²) in [7, 11) is 1.64. The molecule has 1 aliphatic heterocycles. The van der Waals surface area contributed by atoms with Crippen LogP contribution in [0.15, 0.2) is 0 Å². The van der Waals surface area contributed by atoms with Crippen molar-refractivity contribution in [3.63, 3.8) is 0 Å². The van der Waals surface area contributed by atoms with Crippen LogP contribution in [0.25, 0.3) is 0 Å². The van der Waals surface area contributed by atoms with Gasteiger partial charge in [0.15, 0.2) is 0 Å². The molecule has 0 saturated carbocycles. The normalized spacial score (nSPS) is 20.2. The van der Waals surface area contributed by atoms with Gasteiger partial charge in [-0.2, -0.15) is 0 Å². The fourth-order valence-electron chi connectivity index (χ4n) is 1.56. The number of imide groups is 1. The van der Waals surface area contributed by atoms with Gasteiger partial charge in [0.05, 0.1) is 5.60 Å². The molecule has 5 nitrogen and oxygen atoms in total. The smallest absolute Gasteiger partial charge is 0.324 e. The summed E-state index contributed by atoms with van der Waals surface area (Å²) < 4.78 is 5.28. The predicted octanol–water partition coefficient (Wildman–Crippen LogP) is 1.13. The molecular formula is C11H20N2O3. The highest BCUT2D eigenvalue weighted by Gasteiger charge is 2.45. The summed E-state index contributed by atoms with van der Waals surface area (Å²) in [6.45, 7) is 7.90. The zero-order chi connectivity index (χ0) is 12.6. The fourth-order valence-corrected chi connectivity index (χ4v) is 1.56. The highest BCUT2D eigenvalue weighted by molar-refractivity contribution is 6.06. The summed E-state index contributed by atoms with van der Waals surface area (Å²) >= 11 is 0. The molecule has 1 fully saturated rings. The highest BCUT2D eigenvalue weighted by atomic mass is 16.5. The number of hydrogen-bond donors (Lipinski definition) is 1. The number of carbonyl (C=O) groups is 2. The van der Waals surface area contributed by atoms with Crippen molar-refractivity contribution in [3.8, 4) is 0 Å². The third-order valence-electron chi connectivity index (χ3n) is 3.19. The second-order valence-electron chi connectivity index (χ2n) is 5.18. The van der Waals surface area contributed by atoms with E-state index in [0.29, 0.717) is 13.0 Å². The SMILES string of the molecule is COC(C)(C)CCN1C(=O)NC(=O)C1(C)C. The van der Waals surface area contributed by atoms with Crippen molar-refractivity contribution in [1.82, 2.24) is 10.2 Å². The van der Waals surface area contributed by atoms with E-state index < -0.39 is 5.54 Å². The minimum atomic E-state index is -0.763.